The molecule has 0 saturated carbocycles. The van der Waals surface area contributed by atoms with Gasteiger partial charge in [-0.2, -0.15) is 9.50 Å². The minimum atomic E-state index is 0.624. The maximum Gasteiger partial charge on any atom is 0.254 e. The second-order valence-corrected chi connectivity index (χ2v) is 5.04. The molecule has 0 aliphatic carbocycles. The smallest absolute Gasteiger partial charge is 0.254 e. The molecule has 3 rings (SSSR count). The number of aromatic nitrogens is 4. The van der Waals surface area contributed by atoms with Crippen molar-refractivity contribution in [3.63, 3.8) is 0 Å². The monoisotopic (exact) mass is 297 g/mol. The van der Waals surface area contributed by atoms with Crippen molar-refractivity contribution < 1.29 is 4.74 Å². The predicted molar refractivity (Wildman–Crippen MR) is 85.2 cm³/mol. The molecule has 114 valence electrons. The van der Waals surface area contributed by atoms with Gasteiger partial charge in [-0.1, -0.05) is 25.1 Å². The Kier molecular flexibility index (Phi) is 3.91. The molecule has 6 heteroatoms. The topological polar surface area (TPSA) is 64.3 Å². The molecule has 1 N–H and O–H groups in total. The highest BCUT2D eigenvalue weighted by atomic mass is 16.5. The third-order valence-corrected chi connectivity index (χ3v) is 3.45. The number of methoxy groups -OCH3 is 1. The maximum absolute atomic E-state index is 5.38. The number of ether oxygens (including phenoxy) is 1. The number of rotatable bonds is 5. The zero-order valence-electron chi connectivity index (χ0n) is 13.0. The molecule has 0 atom stereocenters. The number of hydrogen-bond donors (Lipinski definition) is 1. The van der Waals surface area contributed by atoms with Gasteiger partial charge in [0, 0.05) is 30.3 Å². The fourth-order valence-corrected chi connectivity index (χ4v) is 2.34. The fraction of sp³-hybridized carbons (Fsp3) is 0.312. The molecule has 2 aromatic heterocycles. The summed E-state index contributed by atoms with van der Waals surface area (Å²) >= 11 is 0. The number of fused-ring (bicyclic) bond motifs is 1. The minimum Gasteiger partial charge on any atom is -0.496 e. The number of hydrogen-bond acceptors (Lipinski definition) is 5. The van der Waals surface area contributed by atoms with Crippen LogP contribution in [0.3, 0.4) is 0 Å². The summed E-state index contributed by atoms with van der Waals surface area (Å²) in [5, 5.41) is 7.87. The number of benzene rings is 1. The predicted octanol–water partition coefficient (Wildman–Crippen LogP) is 2.62. The van der Waals surface area contributed by atoms with Crippen LogP contribution >= 0.6 is 0 Å². The molecule has 22 heavy (non-hydrogen) atoms. The molecule has 0 amide bonds. The van der Waals surface area contributed by atoms with Crippen molar-refractivity contribution in [1.82, 2.24) is 19.6 Å². The van der Waals surface area contributed by atoms with Crippen LogP contribution < -0.4 is 10.1 Å². The Labute approximate surface area is 129 Å². The van der Waals surface area contributed by atoms with E-state index in [1.54, 1.807) is 11.6 Å². The molecule has 0 unspecified atom stereocenters. The number of aryl methyl sites for hydroxylation is 2. The summed E-state index contributed by atoms with van der Waals surface area (Å²) in [5.74, 6) is 3.16. The lowest BCUT2D eigenvalue weighted by molar-refractivity contribution is 0.410. The van der Waals surface area contributed by atoms with E-state index in [1.807, 2.05) is 44.2 Å². The van der Waals surface area contributed by atoms with E-state index in [0.29, 0.717) is 12.3 Å². The third kappa shape index (κ3) is 2.72. The highest BCUT2D eigenvalue weighted by Crippen LogP contribution is 2.19. The first-order valence-electron chi connectivity index (χ1n) is 7.30. The van der Waals surface area contributed by atoms with E-state index in [-0.39, 0.29) is 0 Å². The van der Waals surface area contributed by atoms with Crippen LogP contribution in [0.1, 0.15) is 24.0 Å². The first-order chi connectivity index (χ1) is 10.7. The van der Waals surface area contributed by atoms with E-state index in [1.165, 1.54) is 0 Å². The number of nitrogens with one attached hydrogen (secondary N) is 1. The van der Waals surface area contributed by atoms with Crippen LogP contribution in [0.5, 0.6) is 5.75 Å². The van der Waals surface area contributed by atoms with Crippen LogP contribution in [-0.2, 0) is 13.0 Å². The summed E-state index contributed by atoms with van der Waals surface area (Å²) in [4.78, 5) is 8.84. The van der Waals surface area contributed by atoms with E-state index in [0.717, 1.165) is 35.1 Å². The third-order valence-electron chi connectivity index (χ3n) is 3.45. The van der Waals surface area contributed by atoms with Crippen LogP contribution in [0, 0.1) is 6.92 Å². The Hall–Kier alpha value is -2.63. The molecule has 3 aromatic rings. The van der Waals surface area contributed by atoms with E-state index < -0.39 is 0 Å². The summed E-state index contributed by atoms with van der Waals surface area (Å²) in [6, 6.07) is 9.92. The quantitative estimate of drug-likeness (QED) is 0.784. The molecule has 1 aromatic carbocycles. The molecular weight excluding hydrogens is 278 g/mol. The fourth-order valence-electron chi connectivity index (χ4n) is 2.34. The minimum absolute atomic E-state index is 0.624. The lowest BCUT2D eigenvalue weighted by Crippen LogP contribution is -2.07. The number of para-hydroxylation sites is 1. The van der Waals surface area contributed by atoms with Crippen molar-refractivity contribution in [3.8, 4) is 5.75 Å². The van der Waals surface area contributed by atoms with Gasteiger partial charge in [-0.3, -0.25) is 0 Å². The second-order valence-electron chi connectivity index (χ2n) is 5.04. The number of nitrogens with zero attached hydrogens (tertiary/aromatic N) is 4. The van der Waals surface area contributed by atoms with Gasteiger partial charge in [0.1, 0.15) is 11.6 Å². The summed E-state index contributed by atoms with van der Waals surface area (Å²) in [6.07, 6.45) is 0.786. The maximum atomic E-state index is 5.38. The molecule has 6 nitrogen and oxygen atoms in total. The normalized spacial score (nSPS) is 10.9. The van der Waals surface area contributed by atoms with Crippen molar-refractivity contribution in [2.75, 3.05) is 12.4 Å². The van der Waals surface area contributed by atoms with E-state index in [4.69, 9.17) is 4.74 Å². The standard InChI is InChI=1S/C16H19N5O/c1-4-14-19-16-18-11(2)9-15(21(16)20-14)17-10-12-7-5-6-8-13(12)22-3/h5-9,17H,4,10H2,1-3H3. The SMILES string of the molecule is CCc1nc2nc(C)cc(NCc3ccccc3OC)n2n1. The van der Waals surface area contributed by atoms with Gasteiger partial charge in [0.25, 0.3) is 5.78 Å². The molecule has 0 aliphatic rings. The zero-order valence-corrected chi connectivity index (χ0v) is 13.0. The zero-order chi connectivity index (χ0) is 15.5. The lowest BCUT2D eigenvalue weighted by Gasteiger charge is -2.11. The lowest BCUT2D eigenvalue weighted by atomic mass is 10.2. The van der Waals surface area contributed by atoms with Gasteiger partial charge in [0.2, 0.25) is 0 Å². The van der Waals surface area contributed by atoms with Gasteiger partial charge in [-0.15, -0.1) is 5.10 Å². The van der Waals surface area contributed by atoms with Crippen LogP contribution in [0.2, 0.25) is 0 Å². The summed E-state index contributed by atoms with van der Waals surface area (Å²) in [5.41, 5.74) is 1.99. The molecule has 2 heterocycles. The van der Waals surface area contributed by atoms with Crippen molar-refractivity contribution in [2.24, 2.45) is 0 Å². The highest BCUT2D eigenvalue weighted by molar-refractivity contribution is 5.46. The Bertz CT molecular complexity index is 796. The molecule has 0 saturated heterocycles. The first-order valence-corrected chi connectivity index (χ1v) is 7.30. The van der Waals surface area contributed by atoms with Crippen molar-refractivity contribution >= 4 is 11.6 Å². The van der Waals surface area contributed by atoms with Gasteiger partial charge < -0.3 is 10.1 Å². The highest BCUT2D eigenvalue weighted by Gasteiger charge is 2.09. The average molecular weight is 297 g/mol. The number of anilines is 1. The van der Waals surface area contributed by atoms with E-state index in [9.17, 15) is 0 Å². The van der Waals surface area contributed by atoms with Crippen LogP contribution in [0.4, 0.5) is 5.82 Å². The second kappa shape index (κ2) is 6.01. The molecule has 0 bridgehead atoms. The van der Waals surface area contributed by atoms with Gasteiger partial charge in [-0.25, -0.2) is 4.98 Å². The summed E-state index contributed by atoms with van der Waals surface area (Å²) < 4.78 is 7.13. The molecule has 0 fully saturated rings. The Morgan fingerprint density at radius 1 is 1.23 bits per heavy atom. The Balaban J connectivity index is 1.91. The Morgan fingerprint density at radius 3 is 2.82 bits per heavy atom. The summed E-state index contributed by atoms with van der Waals surface area (Å²) in [6.45, 7) is 4.63. The van der Waals surface area contributed by atoms with Crippen LogP contribution in [0.15, 0.2) is 30.3 Å². The molecule has 0 aliphatic heterocycles. The van der Waals surface area contributed by atoms with Crippen molar-refractivity contribution in [1.29, 1.82) is 0 Å². The van der Waals surface area contributed by atoms with E-state index in [2.05, 4.69) is 20.4 Å². The Morgan fingerprint density at radius 2 is 2.05 bits per heavy atom. The van der Waals surface area contributed by atoms with Crippen molar-refractivity contribution in [2.45, 2.75) is 26.8 Å². The molecule has 0 radical (unpaired) electrons. The van der Waals surface area contributed by atoms with E-state index >= 15 is 0 Å². The van der Waals surface area contributed by atoms with Gasteiger partial charge in [-0.05, 0) is 13.0 Å². The first kappa shape index (κ1) is 14.3. The van der Waals surface area contributed by atoms with Gasteiger partial charge in [0.05, 0.1) is 7.11 Å². The molecule has 0 spiro atoms. The van der Waals surface area contributed by atoms with Crippen LogP contribution in [0.25, 0.3) is 5.78 Å². The average Bonchev–Trinajstić information content (AvgIpc) is 2.95. The molecular formula is C16H19N5O. The summed E-state index contributed by atoms with van der Waals surface area (Å²) in [7, 11) is 1.68. The van der Waals surface area contributed by atoms with Gasteiger partial charge >= 0.3 is 0 Å². The largest absolute Gasteiger partial charge is 0.496 e. The van der Waals surface area contributed by atoms with Crippen LogP contribution in [-0.4, -0.2) is 26.7 Å². The van der Waals surface area contributed by atoms with Gasteiger partial charge in [0.15, 0.2) is 5.82 Å². The van der Waals surface area contributed by atoms with Crippen molar-refractivity contribution in [3.05, 3.63) is 47.4 Å².